The van der Waals surface area contributed by atoms with E-state index in [4.69, 9.17) is 9.47 Å². The van der Waals surface area contributed by atoms with E-state index in [-0.39, 0.29) is 31.6 Å². The first kappa shape index (κ1) is 39.6. The van der Waals surface area contributed by atoms with Gasteiger partial charge in [-0.05, 0) is 44.9 Å². The summed E-state index contributed by atoms with van der Waals surface area (Å²) >= 11 is 0. The van der Waals surface area contributed by atoms with Crippen LogP contribution >= 0.6 is 0 Å². The van der Waals surface area contributed by atoms with Crippen LogP contribution in [0.3, 0.4) is 0 Å². The highest BCUT2D eigenvalue weighted by molar-refractivity contribution is 5.69. The summed E-state index contributed by atoms with van der Waals surface area (Å²) in [5, 5.41) is 19.6. The van der Waals surface area contributed by atoms with Crippen LogP contribution in [0.15, 0.2) is 60.8 Å². The Bertz CT molecular complexity index is 780. The molecule has 0 aliphatic heterocycles. The van der Waals surface area contributed by atoms with Gasteiger partial charge in [0.15, 0.2) is 0 Å². The lowest BCUT2D eigenvalue weighted by atomic mass is 10.1. The second kappa shape index (κ2) is 31.5. The first-order chi connectivity index (χ1) is 20.5. The van der Waals surface area contributed by atoms with Crippen molar-refractivity contribution in [3.63, 3.8) is 0 Å². The molecule has 0 aromatic heterocycles. The normalized spacial score (nSPS) is 13.7. The van der Waals surface area contributed by atoms with E-state index in [0.29, 0.717) is 19.3 Å². The van der Waals surface area contributed by atoms with Crippen molar-refractivity contribution in [2.24, 2.45) is 0 Å². The van der Waals surface area contributed by atoms with E-state index in [1.54, 1.807) is 0 Å². The molecule has 0 aromatic rings. The fraction of sp³-hybridized carbons (Fsp3) is 0.667. The fourth-order valence-electron chi connectivity index (χ4n) is 4.08. The number of aliphatic hydroxyl groups excluding tert-OH is 2. The lowest BCUT2D eigenvalue weighted by Crippen LogP contribution is -2.25. The van der Waals surface area contributed by atoms with E-state index in [1.165, 1.54) is 44.9 Å². The van der Waals surface area contributed by atoms with Gasteiger partial charge in [0.1, 0.15) is 19.3 Å². The van der Waals surface area contributed by atoms with Crippen molar-refractivity contribution in [1.29, 1.82) is 0 Å². The summed E-state index contributed by atoms with van der Waals surface area (Å²) in [5.41, 5.74) is 0. The summed E-state index contributed by atoms with van der Waals surface area (Å²) in [4.78, 5) is 23.7. The van der Waals surface area contributed by atoms with Crippen LogP contribution in [0.25, 0.3) is 0 Å². The number of hydrogen-bond donors (Lipinski definition) is 2. The van der Waals surface area contributed by atoms with Crippen molar-refractivity contribution in [3.8, 4) is 0 Å². The molecule has 240 valence electrons. The highest BCUT2D eigenvalue weighted by atomic mass is 16.6. The molecule has 0 saturated carbocycles. The van der Waals surface area contributed by atoms with Crippen LogP contribution in [0.1, 0.15) is 129 Å². The van der Waals surface area contributed by atoms with E-state index in [0.717, 1.165) is 44.9 Å². The third-order valence-electron chi connectivity index (χ3n) is 6.59. The van der Waals surface area contributed by atoms with Crippen LogP contribution in [-0.2, 0) is 19.1 Å². The summed E-state index contributed by atoms with van der Waals surface area (Å²) in [5.74, 6) is -0.662. The Morgan fingerprint density at radius 3 is 1.76 bits per heavy atom. The van der Waals surface area contributed by atoms with E-state index >= 15 is 0 Å². The van der Waals surface area contributed by atoms with Gasteiger partial charge >= 0.3 is 11.9 Å². The van der Waals surface area contributed by atoms with Crippen molar-refractivity contribution < 1.29 is 29.3 Å². The molecule has 0 aliphatic carbocycles. The standard InChI is InChI=1S/C36H60O6/c1-3-5-7-8-9-10-16-19-22-25-29-35(39)41-31-34(38)32-42-36(40)30-26-23-20-17-14-12-11-13-15-18-21-24-28-33(37)27-6-4-2/h6,11-12,15,17-18,20-21,24,27,33-34,37-38H,3-5,7-10,13-14,16,19,22-23,25-26,28-32H2,1-2H3/b12-11-,18-15-,20-17-,24-21+,27-6-/t33?,34-/m0/s1. The zero-order chi connectivity index (χ0) is 30.9. The Hall–Kier alpha value is -2.44. The third-order valence-corrected chi connectivity index (χ3v) is 6.59. The zero-order valence-corrected chi connectivity index (χ0v) is 26.6. The number of hydrogen-bond acceptors (Lipinski definition) is 6. The number of esters is 2. The molecule has 0 spiro atoms. The lowest BCUT2D eigenvalue weighted by molar-refractivity contribution is -0.152. The topological polar surface area (TPSA) is 93.1 Å². The molecule has 6 heteroatoms. The van der Waals surface area contributed by atoms with Gasteiger partial charge in [0, 0.05) is 12.8 Å². The SMILES string of the molecule is CC/C=C\C(O)C/C=C/C=C\C/C=C\C/C=C\CCCC(=O)OC[C@@H](O)COC(=O)CCCCCCCCCCCC. The molecule has 0 saturated heterocycles. The average molecular weight is 589 g/mol. The molecule has 0 amide bonds. The summed E-state index contributed by atoms with van der Waals surface area (Å²) in [6.45, 7) is 3.97. The van der Waals surface area contributed by atoms with Crippen LogP contribution in [-0.4, -0.2) is 47.6 Å². The third kappa shape index (κ3) is 30.5. The number of carbonyl (C=O) groups excluding carboxylic acids is 2. The summed E-state index contributed by atoms with van der Waals surface area (Å²) in [6.07, 6.45) is 36.1. The van der Waals surface area contributed by atoms with Gasteiger partial charge in [0.2, 0.25) is 0 Å². The molecule has 0 fully saturated rings. The molecule has 42 heavy (non-hydrogen) atoms. The molecule has 0 heterocycles. The van der Waals surface area contributed by atoms with Crippen molar-refractivity contribution in [2.75, 3.05) is 13.2 Å². The largest absolute Gasteiger partial charge is 0.463 e. The molecule has 1 unspecified atom stereocenters. The number of unbranched alkanes of at least 4 members (excludes halogenated alkanes) is 10. The van der Waals surface area contributed by atoms with Gasteiger partial charge in [-0.3, -0.25) is 9.59 Å². The maximum absolute atomic E-state index is 11.9. The number of carbonyl (C=O) groups is 2. The second-order valence-corrected chi connectivity index (χ2v) is 10.8. The van der Waals surface area contributed by atoms with Crippen molar-refractivity contribution >= 4 is 11.9 Å². The maximum Gasteiger partial charge on any atom is 0.305 e. The molecule has 0 aromatic carbocycles. The van der Waals surface area contributed by atoms with Gasteiger partial charge in [-0.25, -0.2) is 0 Å². The Morgan fingerprint density at radius 1 is 0.619 bits per heavy atom. The summed E-state index contributed by atoms with van der Waals surface area (Å²) < 4.78 is 10.2. The van der Waals surface area contributed by atoms with Crippen LogP contribution in [0.4, 0.5) is 0 Å². The fourth-order valence-corrected chi connectivity index (χ4v) is 4.08. The molecule has 2 atom stereocenters. The Labute approximate surface area is 256 Å². The Balaban J connectivity index is 3.64. The molecule has 0 rings (SSSR count). The van der Waals surface area contributed by atoms with Crippen LogP contribution < -0.4 is 0 Å². The van der Waals surface area contributed by atoms with Gasteiger partial charge < -0.3 is 19.7 Å². The van der Waals surface area contributed by atoms with E-state index in [9.17, 15) is 19.8 Å². The minimum absolute atomic E-state index is 0.145. The van der Waals surface area contributed by atoms with Gasteiger partial charge in [0.05, 0.1) is 6.10 Å². The maximum atomic E-state index is 11.9. The lowest BCUT2D eigenvalue weighted by Gasteiger charge is -2.12. The van der Waals surface area contributed by atoms with E-state index < -0.39 is 12.2 Å². The van der Waals surface area contributed by atoms with Gasteiger partial charge in [-0.15, -0.1) is 0 Å². The van der Waals surface area contributed by atoms with Gasteiger partial charge in [-0.1, -0.05) is 132 Å². The average Bonchev–Trinajstić information content (AvgIpc) is 2.98. The van der Waals surface area contributed by atoms with Gasteiger partial charge in [-0.2, -0.15) is 0 Å². The second-order valence-electron chi connectivity index (χ2n) is 10.8. The minimum Gasteiger partial charge on any atom is -0.463 e. The number of aliphatic hydroxyl groups is 2. The number of ether oxygens (including phenoxy) is 2. The Morgan fingerprint density at radius 2 is 1.14 bits per heavy atom. The minimum atomic E-state index is -0.996. The predicted octanol–water partition coefficient (Wildman–Crippen LogP) is 8.64. The molecule has 0 bridgehead atoms. The molecular weight excluding hydrogens is 528 g/mol. The molecule has 0 radical (unpaired) electrons. The van der Waals surface area contributed by atoms with Crippen LogP contribution in [0.2, 0.25) is 0 Å². The summed E-state index contributed by atoms with van der Waals surface area (Å²) in [7, 11) is 0. The van der Waals surface area contributed by atoms with Crippen LogP contribution in [0, 0.1) is 0 Å². The first-order valence-corrected chi connectivity index (χ1v) is 16.4. The highest BCUT2D eigenvalue weighted by Gasteiger charge is 2.11. The number of allylic oxidation sites excluding steroid dienone is 8. The smallest absolute Gasteiger partial charge is 0.305 e. The molecule has 6 nitrogen and oxygen atoms in total. The monoisotopic (exact) mass is 588 g/mol. The van der Waals surface area contributed by atoms with Crippen molar-refractivity contribution in [2.45, 2.75) is 142 Å². The zero-order valence-electron chi connectivity index (χ0n) is 26.6. The summed E-state index contributed by atoms with van der Waals surface area (Å²) in [6, 6.07) is 0. The quantitative estimate of drug-likeness (QED) is 0.0411. The molecule has 0 aliphatic rings. The molecular formula is C36H60O6. The number of rotatable bonds is 28. The van der Waals surface area contributed by atoms with Crippen molar-refractivity contribution in [1.82, 2.24) is 0 Å². The van der Waals surface area contributed by atoms with Crippen LogP contribution in [0.5, 0.6) is 0 Å². The highest BCUT2D eigenvalue weighted by Crippen LogP contribution is 2.11. The van der Waals surface area contributed by atoms with E-state index in [2.05, 4.69) is 37.3 Å². The first-order valence-electron chi connectivity index (χ1n) is 16.4. The molecule has 2 N–H and O–H groups in total. The predicted molar refractivity (Wildman–Crippen MR) is 174 cm³/mol. The van der Waals surface area contributed by atoms with Gasteiger partial charge in [0.25, 0.3) is 0 Å². The van der Waals surface area contributed by atoms with Crippen molar-refractivity contribution in [3.05, 3.63) is 60.8 Å². The van der Waals surface area contributed by atoms with E-state index in [1.807, 2.05) is 37.3 Å². The Kier molecular flexibility index (Phi) is 29.7.